The average molecular weight is 289 g/mol. The summed E-state index contributed by atoms with van der Waals surface area (Å²) in [7, 11) is -3.74. The zero-order valence-corrected chi connectivity index (χ0v) is 12.0. The van der Waals surface area contributed by atoms with Crippen molar-refractivity contribution in [3.8, 4) is 0 Å². The van der Waals surface area contributed by atoms with Gasteiger partial charge in [0.2, 0.25) is 10.0 Å². The number of nitrogens with one attached hydrogen (secondary N) is 1. The molecule has 0 atom stereocenters. The summed E-state index contributed by atoms with van der Waals surface area (Å²) < 4.78 is 22.3. The maximum atomic E-state index is 11.2. The smallest absolute Gasteiger partial charge is 0.240 e. The molecule has 0 bridgehead atoms. The molecule has 0 saturated heterocycles. The highest BCUT2D eigenvalue weighted by atomic mass is 32.2. The second-order valence-electron chi connectivity index (χ2n) is 3.92. The first-order valence-corrected chi connectivity index (χ1v) is 8.54. The molecule has 0 heterocycles. The molecule has 5 N–H and O–H groups in total. The fourth-order valence-corrected chi connectivity index (χ4v) is 2.66. The Morgan fingerprint density at radius 3 is 2.61 bits per heavy atom. The third-order valence-electron chi connectivity index (χ3n) is 2.42. The van der Waals surface area contributed by atoms with Gasteiger partial charge in [-0.15, -0.1) is 0 Å². The summed E-state index contributed by atoms with van der Waals surface area (Å²) in [4.78, 5) is -0.0320. The number of sulfonamides is 1. The molecule has 0 aliphatic carbocycles. The van der Waals surface area contributed by atoms with Gasteiger partial charge in [0, 0.05) is 12.2 Å². The number of hydrogen-bond acceptors (Lipinski definition) is 5. The van der Waals surface area contributed by atoms with E-state index in [1.165, 1.54) is 6.07 Å². The van der Waals surface area contributed by atoms with Crippen LogP contribution in [0.2, 0.25) is 0 Å². The molecule has 102 valence electrons. The van der Waals surface area contributed by atoms with E-state index in [0.717, 1.165) is 30.8 Å². The third-order valence-corrected chi connectivity index (χ3v) is 4.10. The van der Waals surface area contributed by atoms with Crippen molar-refractivity contribution in [1.29, 1.82) is 0 Å². The minimum atomic E-state index is -3.74. The Kier molecular flexibility index (Phi) is 5.77. The van der Waals surface area contributed by atoms with Gasteiger partial charge in [-0.25, -0.2) is 13.6 Å². The van der Waals surface area contributed by atoms with E-state index in [4.69, 9.17) is 10.9 Å². The number of anilines is 2. The standard InChI is InChI=1S/C11H19N3O2S2/c1-17-7-3-2-6-14-9-4-5-11(10(12)8-9)18(13,15)16/h4-5,8,14H,2-3,6-7,12H2,1H3,(H2,13,15,16). The molecule has 1 aromatic rings. The number of primary sulfonamides is 1. The number of hydrogen-bond donors (Lipinski definition) is 3. The number of nitrogen functional groups attached to an aromatic ring is 1. The van der Waals surface area contributed by atoms with Gasteiger partial charge in [0.25, 0.3) is 0 Å². The Morgan fingerprint density at radius 2 is 2.06 bits per heavy atom. The summed E-state index contributed by atoms with van der Waals surface area (Å²) in [6, 6.07) is 4.69. The molecular weight excluding hydrogens is 270 g/mol. The van der Waals surface area contributed by atoms with E-state index in [1.807, 2.05) is 11.8 Å². The van der Waals surface area contributed by atoms with Crippen LogP contribution in [-0.4, -0.2) is 27.0 Å². The van der Waals surface area contributed by atoms with Crippen LogP contribution in [0.5, 0.6) is 0 Å². The molecule has 1 aromatic carbocycles. The van der Waals surface area contributed by atoms with Crippen molar-refractivity contribution in [3.63, 3.8) is 0 Å². The lowest BCUT2D eigenvalue weighted by atomic mass is 10.2. The molecule has 5 nitrogen and oxygen atoms in total. The monoisotopic (exact) mass is 289 g/mol. The Balaban J connectivity index is 2.57. The molecule has 1 rings (SSSR count). The maximum absolute atomic E-state index is 11.2. The fourth-order valence-electron chi connectivity index (χ4n) is 1.52. The van der Waals surface area contributed by atoms with Crippen molar-refractivity contribution >= 4 is 33.2 Å². The predicted molar refractivity (Wildman–Crippen MR) is 78.3 cm³/mol. The van der Waals surface area contributed by atoms with Gasteiger partial charge in [0.15, 0.2) is 0 Å². The average Bonchev–Trinajstić information content (AvgIpc) is 2.27. The minimum Gasteiger partial charge on any atom is -0.398 e. The Labute approximate surface area is 112 Å². The first-order valence-electron chi connectivity index (χ1n) is 5.60. The third kappa shape index (κ3) is 4.75. The first kappa shape index (κ1) is 15.1. The lowest BCUT2D eigenvalue weighted by Gasteiger charge is -2.09. The second kappa shape index (κ2) is 6.86. The molecular formula is C11H19N3O2S2. The number of rotatable bonds is 7. The lowest BCUT2D eigenvalue weighted by Crippen LogP contribution is -2.14. The molecule has 0 aliphatic rings. The van der Waals surface area contributed by atoms with Gasteiger partial charge in [-0.2, -0.15) is 11.8 Å². The molecule has 0 spiro atoms. The van der Waals surface area contributed by atoms with Crippen molar-refractivity contribution < 1.29 is 8.42 Å². The van der Waals surface area contributed by atoms with Crippen molar-refractivity contribution in [2.45, 2.75) is 17.7 Å². The van der Waals surface area contributed by atoms with E-state index in [2.05, 4.69) is 11.6 Å². The zero-order valence-electron chi connectivity index (χ0n) is 10.3. The molecule has 0 aromatic heterocycles. The quantitative estimate of drug-likeness (QED) is 0.521. The van der Waals surface area contributed by atoms with Crippen LogP contribution in [0.4, 0.5) is 11.4 Å². The van der Waals surface area contributed by atoms with E-state index < -0.39 is 10.0 Å². The predicted octanol–water partition coefficient (Wildman–Crippen LogP) is 1.47. The largest absolute Gasteiger partial charge is 0.398 e. The highest BCUT2D eigenvalue weighted by Crippen LogP contribution is 2.21. The number of nitrogens with two attached hydrogens (primary N) is 2. The van der Waals surface area contributed by atoms with E-state index in [-0.39, 0.29) is 10.6 Å². The SMILES string of the molecule is CSCCCCNc1ccc(S(N)(=O)=O)c(N)c1. The zero-order chi connectivity index (χ0) is 13.6. The van der Waals surface area contributed by atoms with E-state index >= 15 is 0 Å². The van der Waals surface area contributed by atoms with Gasteiger partial charge >= 0.3 is 0 Å². The van der Waals surface area contributed by atoms with Crippen molar-refractivity contribution in [2.75, 3.05) is 29.6 Å². The summed E-state index contributed by atoms with van der Waals surface area (Å²) in [5, 5.41) is 8.23. The summed E-state index contributed by atoms with van der Waals surface area (Å²) in [6.45, 7) is 0.842. The van der Waals surface area contributed by atoms with Crippen LogP contribution in [0.1, 0.15) is 12.8 Å². The fraction of sp³-hybridized carbons (Fsp3) is 0.455. The van der Waals surface area contributed by atoms with Gasteiger partial charge in [-0.1, -0.05) is 0 Å². The van der Waals surface area contributed by atoms with Gasteiger partial charge in [0.05, 0.1) is 5.69 Å². The normalized spacial score (nSPS) is 11.4. The molecule has 0 unspecified atom stereocenters. The van der Waals surface area contributed by atoms with Gasteiger partial charge in [-0.3, -0.25) is 0 Å². The Morgan fingerprint density at radius 1 is 1.33 bits per heavy atom. The lowest BCUT2D eigenvalue weighted by molar-refractivity contribution is 0.598. The van der Waals surface area contributed by atoms with Crippen molar-refractivity contribution in [1.82, 2.24) is 0 Å². The molecule has 7 heteroatoms. The van der Waals surface area contributed by atoms with Gasteiger partial charge in [0.1, 0.15) is 4.90 Å². The Bertz CT molecular complexity index is 489. The summed E-state index contributed by atoms with van der Waals surface area (Å²) in [6.07, 6.45) is 4.30. The van der Waals surface area contributed by atoms with E-state index in [1.54, 1.807) is 12.1 Å². The van der Waals surface area contributed by atoms with Crippen LogP contribution >= 0.6 is 11.8 Å². The van der Waals surface area contributed by atoms with Crippen molar-refractivity contribution in [2.24, 2.45) is 5.14 Å². The number of thioether (sulfide) groups is 1. The summed E-state index contributed by atoms with van der Waals surface area (Å²) >= 11 is 1.83. The number of unbranched alkanes of at least 4 members (excludes halogenated alkanes) is 1. The van der Waals surface area contributed by atoms with E-state index in [0.29, 0.717) is 0 Å². The topological polar surface area (TPSA) is 98.2 Å². The summed E-state index contributed by atoms with van der Waals surface area (Å²) in [5.41, 5.74) is 6.64. The van der Waals surface area contributed by atoms with Gasteiger partial charge in [-0.05, 0) is 43.0 Å². The van der Waals surface area contributed by atoms with Crippen LogP contribution in [0, 0.1) is 0 Å². The highest BCUT2D eigenvalue weighted by molar-refractivity contribution is 7.98. The van der Waals surface area contributed by atoms with Crippen LogP contribution in [0.15, 0.2) is 23.1 Å². The minimum absolute atomic E-state index is 0.0320. The van der Waals surface area contributed by atoms with Crippen LogP contribution in [0.3, 0.4) is 0 Å². The van der Waals surface area contributed by atoms with E-state index in [9.17, 15) is 8.42 Å². The molecule has 0 fully saturated rings. The second-order valence-corrected chi connectivity index (χ2v) is 6.44. The molecule has 0 amide bonds. The molecule has 0 radical (unpaired) electrons. The van der Waals surface area contributed by atoms with Crippen LogP contribution in [-0.2, 0) is 10.0 Å². The molecule has 0 aliphatic heterocycles. The van der Waals surface area contributed by atoms with Crippen LogP contribution < -0.4 is 16.2 Å². The van der Waals surface area contributed by atoms with Crippen molar-refractivity contribution in [3.05, 3.63) is 18.2 Å². The first-order chi connectivity index (χ1) is 8.45. The maximum Gasteiger partial charge on any atom is 0.240 e. The van der Waals surface area contributed by atoms with Crippen LogP contribution in [0.25, 0.3) is 0 Å². The Hall–Kier alpha value is -0.920. The number of benzene rings is 1. The van der Waals surface area contributed by atoms with Gasteiger partial charge < -0.3 is 11.1 Å². The molecule has 18 heavy (non-hydrogen) atoms. The molecule has 0 saturated carbocycles. The highest BCUT2D eigenvalue weighted by Gasteiger charge is 2.11. The summed E-state index contributed by atoms with van der Waals surface area (Å²) in [5.74, 6) is 1.15.